The first-order valence-electron chi connectivity index (χ1n) is 8.86. The lowest BCUT2D eigenvalue weighted by Crippen LogP contribution is -2.52. The number of hydrogen-bond donors (Lipinski definition) is 0. The molecule has 0 bridgehead atoms. The number of amides is 2. The third-order valence-corrected chi connectivity index (χ3v) is 4.13. The molecule has 0 saturated carbocycles. The van der Waals surface area contributed by atoms with Crippen molar-refractivity contribution in [2.24, 2.45) is 0 Å². The Labute approximate surface area is 150 Å². The molecular formula is C19H29N3O3. The van der Waals surface area contributed by atoms with Crippen molar-refractivity contribution in [3.63, 3.8) is 0 Å². The predicted octanol–water partition coefficient (Wildman–Crippen LogP) is 2.83. The van der Waals surface area contributed by atoms with Crippen molar-refractivity contribution in [2.45, 2.75) is 52.6 Å². The van der Waals surface area contributed by atoms with Crippen molar-refractivity contribution in [3.05, 3.63) is 29.6 Å². The molecule has 2 heterocycles. The summed E-state index contributed by atoms with van der Waals surface area (Å²) >= 11 is 0. The number of aromatic nitrogens is 1. The van der Waals surface area contributed by atoms with Crippen LogP contribution in [0.15, 0.2) is 18.3 Å². The van der Waals surface area contributed by atoms with Gasteiger partial charge in [0.05, 0.1) is 6.42 Å². The molecule has 1 aromatic heterocycles. The highest BCUT2D eigenvalue weighted by Gasteiger charge is 2.27. The van der Waals surface area contributed by atoms with Gasteiger partial charge in [0.2, 0.25) is 5.91 Å². The second-order valence-electron chi connectivity index (χ2n) is 7.76. The summed E-state index contributed by atoms with van der Waals surface area (Å²) in [6.07, 6.45) is 1.82. The molecule has 138 valence electrons. The van der Waals surface area contributed by atoms with Gasteiger partial charge in [-0.1, -0.05) is 19.9 Å². The summed E-state index contributed by atoms with van der Waals surface area (Å²) in [5.41, 5.74) is 1.45. The van der Waals surface area contributed by atoms with Crippen LogP contribution < -0.4 is 0 Å². The van der Waals surface area contributed by atoms with Crippen molar-refractivity contribution >= 4 is 12.0 Å². The van der Waals surface area contributed by atoms with Gasteiger partial charge in [-0.2, -0.15) is 0 Å². The van der Waals surface area contributed by atoms with E-state index in [9.17, 15) is 9.59 Å². The highest BCUT2D eigenvalue weighted by atomic mass is 16.6. The molecule has 2 amide bonds. The molecule has 0 unspecified atom stereocenters. The van der Waals surface area contributed by atoms with Gasteiger partial charge in [-0.3, -0.25) is 9.78 Å². The Balaban J connectivity index is 1.84. The molecule has 0 aromatic carbocycles. The van der Waals surface area contributed by atoms with Gasteiger partial charge in [0.25, 0.3) is 0 Å². The van der Waals surface area contributed by atoms with Crippen LogP contribution in [-0.4, -0.2) is 58.6 Å². The van der Waals surface area contributed by atoms with Gasteiger partial charge in [-0.15, -0.1) is 0 Å². The van der Waals surface area contributed by atoms with Crippen LogP contribution in [0.5, 0.6) is 0 Å². The summed E-state index contributed by atoms with van der Waals surface area (Å²) in [5, 5.41) is 0. The average Bonchev–Trinajstić information content (AvgIpc) is 2.54. The zero-order valence-electron chi connectivity index (χ0n) is 15.9. The largest absolute Gasteiger partial charge is 0.444 e. The number of hydrogen-bond acceptors (Lipinski definition) is 4. The molecular weight excluding hydrogens is 318 g/mol. The molecule has 1 fully saturated rings. The Morgan fingerprint density at radius 1 is 1.12 bits per heavy atom. The van der Waals surface area contributed by atoms with E-state index in [1.54, 1.807) is 9.80 Å². The number of rotatable bonds is 3. The number of carbonyl (C=O) groups is 2. The minimum atomic E-state index is -0.502. The van der Waals surface area contributed by atoms with E-state index in [1.165, 1.54) is 5.56 Å². The van der Waals surface area contributed by atoms with Crippen molar-refractivity contribution in [1.29, 1.82) is 0 Å². The fraction of sp³-hybridized carbons (Fsp3) is 0.632. The summed E-state index contributed by atoms with van der Waals surface area (Å²) in [6.45, 7) is 11.8. The first-order chi connectivity index (χ1) is 11.7. The third kappa shape index (κ3) is 5.73. The molecule has 1 aliphatic heterocycles. The molecule has 0 atom stereocenters. The summed E-state index contributed by atoms with van der Waals surface area (Å²) < 4.78 is 5.37. The quantitative estimate of drug-likeness (QED) is 0.843. The van der Waals surface area contributed by atoms with Crippen LogP contribution in [0.25, 0.3) is 0 Å². The second-order valence-corrected chi connectivity index (χ2v) is 7.76. The monoisotopic (exact) mass is 347 g/mol. The smallest absolute Gasteiger partial charge is 0.410 e. The highest BCUT2D eigenvalue weighted by molar-refractivity contribution is 5.78. The minimum absolute atomic E-state index is 0.0497. The summed E-state index contributed by atoms with van der Waals surface area (Å²) in [7, 11) is 0. The van der Waals surface area contributed by atoms with Gasteiger partial charge in [0.1, 0.15) is 5.60 Å². The lowest BCUT2D eigenvalue weighted by molar-refractivity contribution is -0.132. The number of carbonyl (C=O) groups excluding carboxylic acids is 2. The number of piperazine rings is 1. The highest BCUT2D eigenvalue weighted by Crippen LogP contribution is 2.14. The van der Waals surface area contributed by atoms with Gasteiger partial charge in [0.15, 0.2) is 0 Å². The van der Waals surface area contributed by atoms with Crippen LogP contribution >= 0.6 is 0 Å². The first-order valence-corrected chi connectivity index (χ1v) is 8.86. The molecule has 0 N–H and O–H groups in total. The van der Waals surface area contributed by atoms with E-state index in [4.69, 9.17) is 4.74 Å². The van der Waals surface area contributed by atoms with E-state index in [0.29, 0.717) is 38.5 Å². The standard InChI is InChI=1S/C19H29N3O3/c1-14(2)15-6-7-16(20-13-15)12-17(23)21-8-10-22(11-9-21)18(24)25-19(3,4)5/h6-7,13-14H,8-12H2,1-5H3. The molecule has 1 aliphatic rings. The van der Waals surface area contributed by atoms with Crippen LogP contribution in [0.4, 0.5) is 4.79 Å². The molecule has 0 aliphatic carbocycles. The SMILES string of the molecule is CC(C)c1ccc(CC(=O)N2CCN(C(=O)OC(C)(C)C)CC2)nc1. The minimum Gasteiger partial charge on any atom is -0.444 e. The van der Waals surface area contributed by atoms with Crippen LogP contribution in [0, 0.1) is 0 Å². The van der Waals surface area contributed by atoms with Crippen LogP contribution in [0.2, 0.25) is 0 Å². The van der Waals surface area contributed by atoms with Gasteiger partial charge >= 0.3 is 6.09 Å². The van der Waals surface area contributed by atoms with E-state index in [1.807, 2.05) is 39.1 Å². The van der Waals surface area contributed by atoms with Gasteiger partial charge in [-0.25, -0.2) is 4.79 Å². The third-order valence-electron chi connectivity index (χ3n) is 4.13. The van der Waals surface area contributed by atoms with Crippen LogP contribution in [-0.2, 0) is 16.0 Å². The Kier molecular flexibility index (Phi) is 6.03. The number of nitrogens with zero attached hydrogens (tertiary/aromatic N) is 3. The molecule has 0 radical (unpaired) electrons. The van der Waals surface area contributed by atoms with Gasteiger partial charge in [0, 0.05) is 38.1 Å². The average molecular weight is 347 g/mol. The molecule has 1 saturated heterocycles. The molecule has 0 spiro atoms. The maximum absolute atomic E-state index is 12.4. The zero-order chi connectivity index (χ0) is 18.6. The van der Waals surface area contributed by atoms with Crippen LogP contribution in [0.3, 0.4) is 0 Å². The van der Waals surface area contributed by atoms with E-state index >= 15 is 0 Å². The van der Waals surface area contributed by atoms with E-state index in [0.717, 1.165) is 5.69 Å². The fourth-order valence-corrected chi connectivity index (χ4v) is 2.61. The summed E-state index contributed by atoms with van der Waals surface area (Å²) in [4.78, 5) is 32.3. The second kappa shape index (κ2) is 7.85. The summed E-state index contributed by atoms with van der Waals surface area (Å²) in [6, 6.07) is 3.95. The molecule has 25 heavy (non-hydrogen) atoms. The number of pyridine rings is 1. The predicted molar refractivity (Wildman–Crippen MR) is 96.4 cm³/mol. The normalized spacial score (nSPS) is 15.4. The lowest BCUT2D eigenvalue weighted by Gasteiger charge is -2.35. The fourth-order valence-electron chi connectivity index (χ4n) is 2.61. The maximum atomic E-state index is 12.4. The van der Waals surface area contributed by atoms with Crippen molar-refractivity contribution in [2.75, 3.05) is 26.2 Å². The lowest BCUT2D eigenvalue weighted by atomic mass is 10.1. The molecule has 6 nitrogen and oxygen atoms in total. The topological polar surface area (TPSA) is 62.7 Å². The first kappa shape index (κ1) is 19.2. The Morgan fingerprint density at radius 3 is 2.20 bits per heavy atom. The molecule has 1 aromatic rings. The number of ether oxygens (including phenoxy) is 1. The van der Waals surface area contributed by atoms with Crippen molar-refractivity contribution < 1.29 is 14.3 Å². The summed E-state index contributed by atoms with van der Waals surface area (Å²) in [5.74, 6) is 0.479. The maximum Gasteiger partial charge on any atom is 0.410 e. The molecule has 2 rings (SSSR count). The van der Waals surface area contributed by atoms with Gasteiger partial charge < -0.3 is 14.5 Å². The molecule has 6 heteroatoms. The van der Waals surface area contributed by atoms with E-state index in [2.05, 4.69) is 18.8 Å². The Hall–Kier alpha value is -2.11. The van der Waals surface area contributed by atoms with Crippen LogP contribution in [0.1, 0.15) is 51.8 Å². The van der Waals surface area contributed by atoms with E-state index in [-0.39, 0.29) is 12.0 Å². The van der Waals surface area contributed by atoms with Crippen molar-refractivity contribution in [1.82, 2.24) is 14.8 Å². The Bertz CT molecular complexity index is 597. The Morgan fingerprint density at radius 2 is 1.72 bits per heavy atom. The van der Waals surface area contributed by atoms with E-state index < -0.39 is 5.60 Å². The van der Waals surface area contributed by atoms with Gasteiger partial charge in [-0.05, 0) is 38.3 Å². The van der Waals surface area contributed by atoms with Crippen molar-refractivity contribution in [3.8, 4) is 0 Å². The zero-order valence-corrected chi connectivity index (χ0v) is 15.9.